The molecule has 1 aliphatic rings. The molecule has 62 valence electrons. The number of hydrogen-bond donors (Lipinski definition) is 1. The first-order chi connectivity index (χ1) is 4.88. The van der Waals surface area contributed by atoms with Crippen LogP contribution in [0.25, 0.3) is 0 Å². The van der Waals surface area contributed by atoms with Crippen LogP contribution in [-0.4, -0.2) is 21.3 Å². The normalized spacial score (nSPS) is 22.1. The average molecular weight is 175 g/mol. The van der Waals surface area contributed by atoms with E-state index < -0.39 is 0 Å². The van der Waals surface area contributed by atoms with Gasteiger partial charge >= 0.3 is 0 Å². The van der Waals surface area contributed by atoms with E-state index in [-0.39, 0.29) is 12.4 Å². The lowest BCUT2D eigenvalue weighted by Crippen LogP contribution is -2.32. The highest BCUT2D eigenvalue weighted by atomic mass is 35.5. The number of fused-ring (bicyclic) bond motifs is 1. The average Bonchev–Trinajstić information content (AvgIpc) is 2.36. The van der Waals surface area contributed by atoms with Crippen molar-refractivity contribution < 1.29 is 0 Å². The van der Waals surface area contributed by atoms with E-state index in [0.717, 1.165) is 18.9 Å². The molecule has 1 aromatic rings. The summed E-state index contributed by atoms with van der Waals surface area (Å²) >= 11 is 0. The van der Waals surface area contributed by atoms with E-state index in [0.29, 0.717) is 6.04 Å². The lowest BCUT2D eigenvalue weighted by Gasteiger charge is -2.19. The van der Waals surface area contributed by atoms with Gasteiger partial charge in [-0.1, -0.05) is 0 Å². The van der Waals surface area contributed by atoms with Gasteiger partial charge < -0.3 is 5.32 Å². The van der Waals surface area contributed by atoms with Crippen LogP contribution >= 0.6 is 12.4 Å². The number of halogens is 1. The molecule has 2 rings (SSSR count). The van der Waals surface area contributed by atoms with Crippen molar-refractivity contribution in [2.24, 2.45) is 0 Å². The Bertz CT molecular complexity index is 234. The van der Waals surface area contributed by atoms with E-state index in [9.17, 15) is 0 Å². The first-order valence-corrected chi connectivity index (χ1v) is 3.49. The standard InChI is InChI=1S/C6H10N4.ClH/c1-5-6-8-4-9-10(6)3-2-7-5;/h4-5,7H,2-3H2,1H3;1H/t5-;/m1./s1. The van der Waals surface area contributed by atoms with Crippen LogP contribution in [0.2, 0.25) is 0 Å². The van der Waals surface area contributed by atoms with Crippen molar-refractivity contribution in [3.8, 4) is 0 Å². The minimum Gasteiger partial charge on any atom is -0.306 e. The Kier molecular flexibility index (Phi) is 2.46. The second-order valence-electron chi connectivity index (χ2n) is 2.52. The first-order valence-electron chi connectivity index (χ1n) is 3.49. The Morgan fingerprint density at radius 3 is 3.27 bits per heavy atom. The monoisotopic (exact) mass is 174 g/mol. The molecule has 0 spiro atoms. The highest BCUT2D eigenvalue weighted by Crippen LogP contribution is 2.10. The summed E-state index contributed by atoms with van der Waals surface area (Å²) in [6.07, 6.45) is 1.61. The third-order valence-electron chi connectivity index (χ3n) is 1.81. The second kappa shape index (κ2) is 3.19. The molecule has 11 heavy (non-hydrogen) atoms. The van der Waals surface area contributed by atoms with Gasteiger partial charge in [0.1, 0.15) is 12.2 Å². The fourth-order valence-corrected chi connectivity index (χ4v) is 1.26. The Morgan fingerprint density at radius 1 is 1.73 bits per heavy atom. The van der Waals surface area contributed by atoms with E-state index >= 15 is 0 Å². The van der Waals surface area contributed by atoms with E-state index in [1.165, 1.54) is 0 Å². The zero-order valence-electron chi connectivity index (χ0n) is 6.32. The summed E-state index contributed by atoms with van der Waals surface area (Å²) in [5.74, 6) is 1.05. The van der Waals surface area contributed by atoms with E-state index in [1.807, 2.05) is 4.68 Å². The van der Waals surface area contributed by atoms with Crippen molar-refractivity contribution in [3.63, 3.8) is 0 Å². The lowest BCUT2D eigenvalue weighted by atomic mass is 10.3. The third kappa shape index (κ3) is 1.36. The van der Waals surface area contributed by atoms with Crippen LogP contribution in [0.15, 0.2) is 6.33 Å². The molecule has 0 fully saturated rings. The van der Waals surface area contributed by atoms with Gasteiger partial charge in [0.05, 0.1) is 12.6 Å². The maximum Gasteiger partial charge on any atom is 0.143 e. The minimum atomic E-state index is 0. The van der Waals surface area contributed by atoms with Gasteiger partial charge in [-0.25, -0.2) is 9.67 Å². The molecule has 4 nitrogen and oxygen atoms in total. The molecule has 1 aliphatic heterocycles. The van der Waals surface area contributed by atoms with Crippen LogP contribution in [0.5, 0.6) is 0 Å². The third-order valence-corrected chi connectivity index (χ3v) is 1.81. The van der Waals surface area contributed by atoms with Crippen molar-refractivity contribution in [1.29, 1.82) is 0 Å². The van der Waals surface area contributed by atoms with Gasteiger partial charge in [0, 0.05) is 6.54 Å². The Balaban J connectivity index is 0.000000605. The molecule has 2 heterocycles. The number of nitrogens with one attached hydrogen (secondary N) is 1. The number of rotatable bonds is 0. The summed E-state index contributed by atoms with van der Waals surface area (Å²) in [6, 6.07) is 0.358. The molecule has 1 aromatic heterocycles. The Hall–Kier alpha value is -0.610. The van der Waals surface area contributed by atoms with E-state index in [4.69, 9.17) is 0 Å². The van der Waals surface area contributed by atoms with Crippen molar-refractivity contribution in [1.82, 2.24) is 20.1 Å². The number of hydrogen-bond acceptors (Lipinski definition) is 3. The predicted octanol–water partition coefficient (Wildman–Crippen LogP) is 0.364. The fraction of sp³-hybridized carbons (Fsp3) is 0.667. The zero-order valence-corrected chi connectivity index (χ0v) is 7.14. The number of aromatic nitrogens is 3. The Labute approximate surface area is 71.4 Å². The summed E-state index contributed by atoms with van der Waals surface area (Å²) < 4.78 is 1.95. The van der Waals surface area contributed by atoms with Gasteiger partial charge in [-0.05, 0) is 6.92 Å². The van der Waals surface area contributed by atoms with Crippen LogP contribution in [0.1, 0.15) is 18.8 Å². The first kappa shape index (κ1) is 8.49. The summed E-state index contributed by atoms with van der Waals surface area (Å²) in [5.41, 5.74) is 0. The van der Waals surface area contributed by atoms with Crippen LogP contribution < -0.4 is 5.32 Å². The molecule has 0 unspecified atom stereocenters. The van der Waals surface area contributed by atoms with Crippen molar-refractivity contribution in [2.45, 2.75) is 19.5 Å². The zero-order chi connectivity index (χ0) is 6.97. The summed E-state index contributed by atoms with van der Waals surface area (Å²) in [7, 11) is 0. The summed E-state index contributed by atoms with van der Waals surface area (Å²) in [5, 5.41) is 7.37. The lowest BCUT2D eigenvalue weighted by molar-refractivity contribution is 0.411. The predicted molar refractivity (Wildman–Crippen MR) is 43.7 cm³/mol. The van der Waals surface area contributed by atoms with Crippen LogP contribution in [0.4, 0.5) is 0 Å². The van der Waals surface area contributed by atoms with Gasteiger partial charge in [-0.15, -0.1) is 12.4 Å². The van der Waals surface area contributed by atoms with Crippen LogP contribution in [-0.2, 0) is 6.54 Å². The SMILES string of the molecule is C[C@H]1NCCn2ncnc21.Cl. The molecule has 1 atom stereocenters. The topological polar surface area (TPSA) is 42.7 Å². The maximum atomic E-state index is 4.13. The molecule has 0 aromatic carbocycles. The fourth-order valence-electron chi connectivity index (χ4n) is 1.26. The molecular weight excluding hydrogens is 164 g/mol. The quantitative estimate of drug-likeness (QED) is 0.618. The molecular formula is C6H11ClN4. The number of nitrogens with zero attached hydrogens (tertiary/aromatic N) is 3. The van der Waals surface area contributed by atoms with Crippen LogP contribution in [0.3, 0.4) is 0 Å². The molecule has 0 amide bonds. The van der Waals surface area contributed by atoms with Crippen molar-refractivity contribution in [3.05, 3.63) is 12.2 Å². The van der Waals surface area contributed by atoms with E-state index in [2.05, 4.69) is 22.3 Å². The molecule has 0 saturated heterocycles. The largest absolute Gasteiger partial charge is 0.306 e. The summed E-state index contributed by atoms with van der Waals surface area (Å²) in [4.78, 5) is 4.13. The van der Waals surface area contributed by atoms with E-state index in [1.54, 1.807) is 6.33 Å². The Morgan fingerprint density at radius 2 is 2.55 bits per heavy atom. The molecule has 0 aliphatic carbocycles. The highest BCUT2D eigenvalue weighted by molar-refractivity contribution is 5.85. The second-order valence-corrected chi connectivity index (χ2v) is 2.52. The highest BCUT2D eigenvalue weighted by Gasteiger charge is 2.16. The van der Waals surface area contributed by atoms with Crippen molar-refractivity contribution in [2.75, 3.05) is 6.54 Å². The molecule has 0 radical (unpaired) electrons. The summed E-state index contributed by atoms with van der Waals surface area (Å²) in [6.45, 7) is 4.04. The molecule has 5 heteroatoms. The molecule has 1 N–H and O–H groups in total. The van der Waals surface area contributed by atoms with Crippen molar-refractivity contribution >= 4 is 12.4 Å². The minimum absolute atomic E-state index is 0. The molecule has 0 bridgehead atoms. The van der Waals surface area contributed by atoms with Crippen LogP contribution in [0, 0.1) is 0 Å². The van der Waals surface area contributed by atoms with Gasteiger partial charge in [0.15, 0.2) is 0 Å². The molecule has 0 saturated carbocycles. The van der Waals surface area contributed by atoms with Gasteiger partial charge in [-0.3, -0.25) is 0 Å². The van der Waals surface area contributed by atoms with Gasteiger partial charge in [0.25, 0.3) is 0 Å². The maximum absolute atomic E-state index is 4.13. The van der Waals surface area contributed by atoms with Gasteiger partial charge in [-0.2, -0.15) is 5.10 Å². The van der Waals surface area contributed by atoms with Gasteiger partial charge in [0.2, 0.25) is 0 Å². The smallest absolute Gasteiger partial charge is 0.143 e.